The summed E-state index contributed by atoms with van der Waals surface area (Å²) in [6.45, 7) is 2.34. The van der Waals surface area contributed by atoms with Gasteiger partial charge in [-0.1, -0.05) is 132 Å². The van der Waals surface area contributed by atoms with E-state index < -0.39 is 8.07 Å². The Bertz CT molecular complexity index is 837. The second-order valence-corrected chi connectivity index (χ2v) is 16.5. The SMILES string of the molecule is CCCCCCCC[Si](C1CCCCC1)([C@H]1CCc2ccccc21)[C@H]1CCc2ccccc21. The molecule has 0 saturated heterocycles. The predicted octanol–water partition coefficient (Wildman–Crippen LogP) is 9.67. The Balaban J connectivity index is 1.53. The summed E-state index contributed by atoms with van der Waals surface area (Å²) < 4.78 is 0. The van der Waals surface area contributed by atoms with Crippen molar-refractivity contribution in [2.75, 3.05) is 0 Å². The maximum atomic E-state index is 2.56. The molecular formula is C32H46Si. The first kappa shape index (κ1) is 23.4. The summed E-state index contributed by atoms with van der Waals surface area (Å²) in [6.07, 6.45) is 21.8. The number of hydrogen-bond acceptors (Lipinski definition) is 0. The highest BCUT2D eigenvalue weighted by molar-refractivity contribution is 6.84. The van der Waals surface area contributed by atoms with Crippen LogP contribution in [0.3, 0.4) is 0 Å². The minimum atomic E-state index is -1.60. The van der Waals surface area contributed by atoms with Crippen LogP contribution in [0.25, 0.3) is 0 Å². The van der Waals surface area contributed by atoms with E-state index in [9.17, 15) is 0 Å². The smallest absolute Gasteiger partial charge is 0.0654 e. The van der Waals surface area contributed by atoms with Gasteiger partial charge in [-0.2, -0.15) is 0 Å². The van der Waals surface area contributed by atoms with Crippen molar-refractivity contribution in [3.63, 3.8) is 0 Å². The summed E-state index contributed by atoms with van der Waals surface area (Å²) in [7, 11) is -1.60. The maximum absolute atomic E-state index is 2.56. The third-order valence-electron chi connectivity index (χ3n) is 9.89. The van der Waals surface area contributed by atoms with Crippen molar-refractivity contribution in [1.82, 2.24) is 0 Å². The third kappa shape index (κ3) is 4.64. The Kier molecular flexibility index (Phi) is 7.75. The summed E-state index contributed by atoms with van der Waals surface area (Å²) in [4.78, 5) is 0. The van der Waals surface area contributed by atoms with E-state index in [-0.39, 0.29) is 0 Å². The van der Waals surface area contributed by atoms with Crippen LogP contribution in [0.4, 0.5) is 0 Å². The summed E-state index contributed by atoms with van der Waals surface area (Å²) in [5.74, 6) is 0. The van der Waals surface area contributed by atoms with E-state index in [1.54, 1.807) is 41.1 Å². The molecule has 1 heteroatoms. The quantitative estimate of drug-likeness (QED) is 0.245. The van der Waals surface area contributed by atoms with Crippen molar-refractivity contribution >= 4 is 8.07 Å². The number of fused-ring (bicyclic) bond motifs is 2. The summed E-state index contributed by atoms with van der Waals surface area (Å²) >= 11 is 0. The van der Waals surface area contributed by atoms with Gasteiger partial charge in [-0.05, 0) is 64.6 Å². The molecule has 2 aromatic carbocycles. The average Bonchev–Trinajstić information content (AvgIpc) is 3.50. The number of aryl methyl sites for hydroxylation is 2. The fourth-order valence-corrected chi connectivity index (χ4v) is 16.6. The van der Waals surface area contributed by atoms with Gasteiger partial charge in [0.05, 0.1) is 8.07 Å². The molecule has 2 atom stereocenters. The molecule has 0 N–H and O–H groups in total. The molecule has 33 heavy (non-hydrogen) atoms. The lowest BCUT2D eigenvalue weighted by Crippen LogP contribution is -2.52. The van der Waals surface area contributed by atoms with Gasteiger partial charge in [0, 0.05) is 0 Å². The van der Waals surface area contributed by atoms with Gasteiger partial charge in [-0.3, -0.25) is 0 Å². The Morgan fingerprint density at radius 2 is 1.18 bits per heavy atom. The van der Waals surface area contributed by atoms with Crippen molar-refractivity contribution in [3.8, 4) is 0 Å². The van der Waals surface area contributed by atoms with Crippen LogP contribution in [0, 0.1) is 0 Å². The minimum absolute atomic E-state index is 0.906. The van der Waals surface area contributed by atoms with Crippen molar-refractivity contribution in [2.45, 2.75) is 126 Å². The molecule has 2 aromatic rings. The molecule has 0 nitrogen and oxygen atoms in total. The number of benzene rings is 2. The zero-order valence-corrected chi connectivity index (χ0v) is 22.2. The molecule has 0 bridgehead atoms. The van der Waals surface area contributed by atoms with Gasteiger partial charge in [0.2, 0.25) is 0 Å². The van der Waals surface area contributed by atoms with Gasteiger partial charge in [-0.15, -0.1) is 0 Å². The number of unbranched alkanes of at least 4 members (excludes halogenated alkanes) is 5. The number of rotatable bonds is 10. The summed E-state index contributed by atoms with van der Waals surface area (Å²) in [6, 6.07) is 20.9. The summed E-state index contributed by atoms with van der Waals surface area (Å²) in [5.41, 5.74) is 9.85. The predicted molar refractivity (Wildman–Crippen MR) is 146 cm³/mol. The molecule has 3 aliphatic carbocycles. The fourth-order valence-electron chi connectivity index (χ4n) is 8.45. The molecule has 0 aromatic heterocycles. The Labute approximate surface area is 204 Å². The minimum Gasteiger partial charge on any atom is -0.0654 e. The van der Waals surface area contributed by atoms with Crippen LogP contribution in [0.5, 0.6) is 0 Å². The van der Waals surface area contributed by atoms with E-state index >= 15 is 0 Å². The van der Waals surface area contributed by atoms with E-state index in [1.165, 1.54) is 83.5 Å². The lowest BCUT2D eigenvalue weighted by atomic mass is 10.00. The first-order chi connectivity index (χ1) is 16.3. The van der Waals surface area contributed by atoms with Crippen LogP contribution in [-0.4, -0.2) is 8.07 Å². The maximum Gasteiger partial charge on any atom is 0.0717 e. The normalized spacial score (nSPS) is 22.9. The highest BCUT2D eigenvalue weighted by atomic mass is 28.3. The molecule has 3 aliphatic rings. The van der Waals surface area contributed by atoms with Gasteiger partial charge >= 0.3 is 0 Å². The molecule has 5 rings (SSSR count). The van der Waals surface area contributed by atoms with Crippen LogP contribution < -0.4 is 0 Å². The molecule has 1 saturated carbocycles. The lowest BCUT2D eigenvalue weighted by molar-refractivity contribution is 0.473. The largest absolute Gasteiger partial charge is 0.0717 e. The van der Waals surface area contributed by atoms with Gasteiger partial charge < -0.3 is 0 Å². The van der Waals surface area contributed by atoms with Gasteiger partial charge in [0.1, 0.15) is 0 Å². The van der Waals surface area contributed by atoms with E-state index in [0.29, 0.717) is 0 Å². The molecule has 1 fully saturated rings. The standard InChI is InChI=1S/C32H46Si/c1-2-3-4-5-6-14-25-33(28-17-8-7-9-18-28,31-23-21-26-15-10-12-19-29(26)31)32-24-22-27-16-11-13-20-30(27)32/h10-13,15-16,19-20,28,31-32H,2-9,14,17-18,21-25H2,1H3/t31-,32-/m0/s1. The zero-order valence-electron chi connectivity index (χ0n) is 21.2. The summed E-state index contributed by atoms with van der Waals surface area (Å²) in [5, 5.41) is 0. The molecular weight excluding hydrogens is 412 g/mol. The van der Waals surface area contributed by atoms with E-state index in [4.69, 9.17) is 0 Å². The van der Waals surface area contributed by atoms with Crippen LogP contribution >= 0.6 is 0 Å². The highest BCUT2D eigenvalue weighted by Gasteiger charge is 2.55. The van der Waals surface area contributed by atoms with E-state index in [0.717, 1.165) is 16.6 Å². The van der Waals surface area contributed by atoms with Crippen LogP contribution in [0.1, 0.15) is 124 Å². The lowest BCUT2D eigenvalue weighted by Gasteiger charge is -2.50. The van der Waals surface area contributed by atoms with Crippen molar-refractivity contribution in [1.29, 1.82) is 0 Å². The Morgan fingerprint density at radius 3 is 1.79 bits per heavy atom. The van der Waals surface area contributed by atoms with Crippen molar-refractivity contribution < 1.29 is 0 Å². The van der Waals surface area contributed by atoms with Crippen LogP contribution in [0.15, 0.2) is 48.5 Å². The average molecular weight is 459 g/mol. The van der Waals surface area contributed by atoms with Crippen LogP contribution in [0.2, 0.25) is 11.6 Å². The monoisotopic (exact) mass is 458 g/mol. The molecule has 0 aliphatic heterocycles. The third-order valence-corrected chi connectivity index (χ3v) is 17.0. The van der Waals surface area contributed by atoms with E-state index in [2.05, 4.69) is 55.5 Å². The zero-order chi connectivity index (χ0) is 22.5. The second kappa shape index (κ2) is 10.9. The van der Waals surface area contributed by atoms with Gasteiger partial charge in [-0.25, -0.2) is 0 Å². The Morgan fingerprint density at radius 1 is 0.636 bits per heavy atom. The van der Waals surface area contributed by atoms with Gasteiger partial charge in [0.15, 0.2) is 0 Å². The van der Waals surface area contributed by atoms with E-state index in [1.807, 2.05) is 0 Å². The van der Waals surface area contributed by atoms with Crippen LogP contribution in [-0.2, 0) is 12.8 Å². The molecule has 0 unspecified atom stereocenters. The van der Waals surface area contributed by atoms with Crippen molar-refractivity contribution in [2.24, 2.45) is 0 Å². The second-order valence-electron chi connectivity index (χ2n) is 11.5. The molecule has 178 valence electrons. The fraction of sp³-hybridized carbons (Fsp3) is 0.625. The molecule has 0 amide bonds. The molecule has 0 spiro atoms. The molecule has 0 radical (unpaired) electrons. The van der Waals surface area contributed by atoms with Gasteiger partial charge in [0.25, 0.3) is 0 Å². The van der Waals surface area contributed by atoms with Crippen molar-refractivity contribution in [3.05, 3.63) is 70.8 Å². The number of hydrogen-bond donors (Lipinski definition) is 0. The Hall–Kier alpha value is -1.34. The first-order valence-corrected chi connectivity index (χ1v) is 16.9. The first-order valence-electron chi connectivity index (χ1n) is 14.5. The highest BCUT2D eigenvalue weighted by Crippen LogP contribution is 2.59. The molecule has 0 heterocycles. The topological polar surface area (TPSA) is 0 Å².